The van der Waals surface area contributed by atoms with E-state index < -0.39 is 0 Å². The summed E-state index contributed by atoms with van der Waals surface area (Å²) in [6, 6.07) is 11.8. The van der Waals surface area contributed by atoms with Gasteiger partial charge in [-0.05, 0) is 23.8 Å². The van der Waals surface area contributed by atoms with Gasteiger partial charge in [0, 0.05) is 44.0 Å². The van der Waals surface area contributed by atoms with Crippen molar-refractivity contribution in [2.24, 2.45) is 7.05 Å². The van der Waals surface area contributed by atoms with Crippen molar-refractivity contribution in [1.29, 1.82) is 5.26 Å². The molecule has 1 aromatic carbocycles. The first-order chi connectivity index (χ1) is 14.6. The van der Waals surface area contributed by atoms with Crippen molar-refractivity contribution in [2.45, 2.75) is 0 Å². The molecule has 3 heterocycles. The van der Waals surface area contributed by atoms with Gasteiger partial charge in [0.25, 0.3) is 0 Å². The van der Waals surface area contributed by atoms with Gasteiger partial charge >= 0.3 is 0 Å². The fraction of sp³-hybridized carbons (Fsp3) is 0.318. The van der Waals surface area contributed by atoms with E-state index in [4.69, 9.17) is 15.2 Å². The first-order valence-corrected chi connectivity index (χ1v) is 9.87. The topological polar surface area (TPSA) is 102 Å². The molecule has 30 heavy (non-hydrogen) atoms. The SMILES string of the molecule is Cn1cc(-c2cc(-c3cccc(OCCN4CCOCC4)c3)c(C#N)c(N)n2)cn1. The summed E-state index contributed by atoms with van der Waals surface area (Å²) < 4.78 is 13.0. The van der Waals surface area contributed by atoms with Crippen LogP contribution in [0.15, 0.2) is 42.7 Å². The van der Waals surface area contributed by atoms with Crippen molar-refractivity contribution in [3.05, 3.63) is 48.3 Å². The highest BCUT2D eigenvalue weighted by molar-refractivity contribution is 5.80. The predicted octanol–water partition coefficient (Wildman–Crippen LogP) is 2.31. The average Bonchev–Trinajstić information content (AvgIpc) is 3.20. The van der Waals surface area contributed by atoms with Crippen LogP contribution in [0, 0.1) is 11.3 Å². The fourth-order valence-corrected chi connectivity index (χ4v) is 3.48. The van der Waals surface area contributed by atoms with E-state index >= 15 is 0 Å². The number of nitrogens with zero attached hydrogens (tertiary/aromatic N) is 5. The molecule has 1 saturated heterocycles. The van der Waals surface area contributed by atoms with Gasteiger partial charge in [-0.15, -0.1) is 0 Å². The van der Waals surface area contributed by atoms with Gasteiger partial charge < -0.3 is 15.2 Å². The van der Waals surface area contributed by atoms with Crippen molar-refractivity contribution < 1.29 is 9.47 Å². The Morgan fingerprint density at radius 3 is 2.80 bits per heavy atom. The minimum absolute atomic E-state index is 0.201. The van der Waals surface area contributed by atoms with E-state index in [0.29, 0.717) is 17.9 Å². The van der Waals surface area contributed by atoms with E-state index in [2.05, 4.69) is 21.1 Å². The summed E-state index contributed by atoms with van der Waals surface area (Å²) in [6.07, 6.45) is 3.59. The smallest absolute Gasteiger partial charge is 0.142 e. The van der Waals surface area contributed by atoms with Crippen LogP contribution in [-0.4, -0.2) is 59.1 Å². The lowest BCUT2D eigenvalue weighted by Gasteiger charge is -2.26. The van der Waals surface area contributed by atoms with Gasteiger partial charge in [0.1, 0.15) is 29.8 Å². The molecule has 1 aliphatic heterocycles. The predicted molar refractivity (Wildman–Crippen MR) is 114 cm³/mol. The molecule has 0 amide bonds. The van der Waals surface area contributed by atoms with Crippen molar-refractivity contribution in [2.75, 3.05) is 45.2 Å². The maximum atomic E-state index is 9.65. The Labute approximate surface area is 175 Å². The summed E-state index contributed by atoms with van der Waals surface area (Å²) in [6.45, 7) is 4.85. The molecule has 1 aliphatic rings. The minimum atomic E-state index is 0.201. The second kappa shape index (κ2) is 8.95. The molecule has 0 unspecified atom stereocenters. The van der Waals surface area contributed by atoms with Crippen LogP contribution in [-0.2, 0) is 11.8 Å². The number of hydrogen-bond donors (Lipinski definition) is 1. The summed E-state index contributed by atoms with van der Waals surface area (Å²) >= 11 is 0. The Morgan fingerprint density at radius 1 is 1.23 bits per heavy atom. The highest BCUT2D eigenvalue weighted by atomic mass is 16.5. The first kappa shape index (κ1) is 19.9. The lowest BCUT2D eigenvalue weighted by atomic mass is 9.99. The van der Waals surface area contributed by atoms with Crippen LogP contribution in [0.25, 0.3) is 22.4 Å². The van der Waals surface area contributed by atoms with E-state index in [9.17, 15) is 5.26 Å². The number of hydrogen-bond acceptors (Lipinski definition) is 7. The van der Waals surface area contributed by atoms with Gasteiger partial charge in [-0.3, -0.25) is 9.58 Å². The minimum Gasteiger partial charge on any atom is -0.492 e. The Kier molecular flexibility index (Phi) is 5.93. The van der Waals surface area contributed by atoms with Crippen LogP contribution in [0.2, 0.25) is 0 Å². The normalized spacial score (nSPS) is 14.4. The largest absolute Gasteiger partial charge is 0.492 e. The first-order valence-electron chi connectivity index (χ1n) is 9.87. The number of benzene rings is 1. The molecular formula is C22H24N6O2. The van der Waals surface area contributed by atoms with Crippen LogP contribution >= 0.6 is 0 Å². The molecule has 0 spiro atoms. The van der Waals surface area contributed by atoms with E-state index in [0.717, 1.165) is 55.3 Å². The highest BCUT2D eigenvalue weighted by Gasteiger charge is 2.15. The summed E-state index contributed by atoms with van der Waals surface area (Å²) in [5.41, 5.74) is 9.56. The van der Waals surface area contributed by atoms with Gasteiger partial charge in [0.15, 0.2) is 0 Å². The number of nitrogen functional groups attached to an aromatic ring is 1. The Morgan fingerprint density at radius 2 is 2.07 bits per heavy atom. The molecule has 8 heteroatoms. The molecule has 0 bridgehead atoms. The van der Waals surface area contributed by atoms with Crippen LogP contribution < -0.4 is 10.5 Å². The molecule has 0 saturated carbocycles. The second-order valence-corrected chi connectivity index (χ2v) is 7.16. The van der Waals surface area contributed by atoms with E-state index in [-0.39, 0.29) is 5.82 Å². The lowest BCUT2D eigenvalue weighted by molar-refractivity contribution is 0.0322. The number of ether oxygens (including phenoxy) is 2. The second-order valence-electron chi connectivity index (χ2n) is 7.16. The zero-order valence-electron chi connectivity index (χ0n) is 16.9. The maximum absolute atomic E-state index is 9.65. The van der Waals surface area contributed by atoms with Crippen molar-refractivity contribution in [1.82, 2.24) is 19.7 Å². The Balaban J connectivity index is 1.57. The van der Waals surface area contributed by atoms with E-state index in [1.807, 2.05) is 43.6 Å². The van der Waals surface area contributed by atoms with Gasteiger partial charge in [-0.1, -0.05) is 12.1 Å². The molecule has 154 valence electrons. The molecule has 0 radical (unpaired) electrons. The lowest BCUT2D eigenvalue weighted by Crippen LogP contribution is -2.38. The number of pyridine rings is 1. The number of nitrogens with two attached hydrogens (primary N) is 1. The monoisotopic (exact) mass is 404 g/mol. The molecule has 2 aromatic heterocycles. The number of rotatable bonds is 6. The highest BCUT2D eigenvalue weighted by Crippen LogP contribution is 2.32. The molecule has 8 nitrogen and oxygen atoms in total. The fourth-order valence-electron chi connectivity index (χ4n) is 3.48. The molecule has 0 atom stereocenters. The number of aryl methyl sites for hydroxylation is 1. The van der Waals surface area contributed by atoms with E-state index in [1.54, 1.807) is 10.9 Å². The molecular weight excluding hydrogens is 380 g/mol. The van der Waals surface area contributed by atoms with Crippen molar-refractivity contribution >= 4 is 5.82 Å². The third-order valence-corrected chi connectivity index (χ3v) is 5.08. The Hall–Kier alpha value is -3.41. The summed E-state index contributed by atoms with van der Waals surface area (Å²) in [7, 11) is 1.84. The van der Waals surface area contributed by atoms with Gasteiger partial charge in [0.2, 0.25) is 0 Å². The van der Waals surface area contributed by atoms with Gasteiger partial charge in [-0.25, -0.2) is 4.98 Å². The summed E-state index contributed by atoms with van der Waals surface area (Å²) in [4.78, 5) is 6.72. The van der Waals surface area contributed by atoms with Crippen molar-refractivity contribution in [3.63, 3.8) is 0 Å². The summed E-state index contributed by atoms with van der Waals surface area (Å²) in [5, 5.41) is 13.8. The van der Waals surface area contributed by atoms with Gasteiger partial charge in [0.05, 0.1) is 25.1 Å². The molecule has 0 aliphatic carbocycles. The third kappa shape index (κ3) is 4.43. The maximum Gasteiger partial charge on any atom is 0.142 e. The number of anilines is 1. The van der Waals surface area contributed by atoms with Crippen LogP contribution in [0.5, 0.6) is 5.75 Å². The number of nitriles is 1. The molecule has 4 rings (SSSR count). The standard InChI is InChI=1S/C22H24N6O2/c1-27-15-17(14-25-27)21-12-19(20(13-23)22(24)26-21)16-3-2-4-18(11-16)30-10-7-28-5-8-29-9-6-28/h2-4,11-12,14-15H,5-10H2,1H3,(H2,24,26). The van der Waals surface area contributed by atoms with Crippen LogP contribution in [0.3, 0.4) is 0 Å². The number of aromatic nitrogens is 3. The zero-order chi connectivity index (χ0) is 20.9. The van der Waals surface area contributed by atoms with E-state index in [1.165, 1.54) is 0 Å². The zero-order valence-corrected chi connectivity index (χ0v) is 16.9. The van der Waals surface area contributed by atoms with Crippen molar-refractivity contribution in [3.8, 4) is 34.2 Å². The molecule has 3 aromatic rings. The third-order valence-electron chi connectivity index (χ3n) is 5.08. The van der Waals surface area contributed by atoms with Crippen LogP contribution in [0.1, 0.15) is 5.56 Å². The summed E-state index contributed by atoms with van der Waals surface area (Å²) in [5.74, 6) is 0.954. The quantitative estimate of drug-likeness (QED) is 0.672. The van der Waals surface area contributed by atoms with Crippen LogP contribution in [0.4, 0.5) is 5.82 Å². The average molecular weight is 404 g/mol. The Bertz CT molecular complexity index is 1070. The molecule has 1 fully saturated rings. The molecule has 2 N–H and O–H groups in total. The van der Waals surface area contributed by atoms with Gasteiger partial charge in [-0.2, -0.15) is 10.4 Å². The number of morpholine rings is 1.